The predicted molar refractivity (Wildman–Crippen MR) is 81.2 cm³/mol. The van der Waals surface area contributed by atoms with Gasteiger partial charge in [-0.2, -0.15) is 0 Å². The molecule has 1 N–H and O–H groups in total. The van der Waals surface area contributed by atoms with Crippen molar-refractivity contribution in [2.24, 2.45) is 5.92 Å². The number of carbonyl (C=O) groups excluding carboxylic acids is 1. The molecule has 0 spiro atoms. The van der Waals surface area contributed by atoms with Crippen LogP contribution in [0.2, 0.25) is 0 Å². The van der Waals surface area contributed by atoms with Crippen LogP contribution in [0.15, 0.2) is 21.9 Å². The molecule has 2 rings (SSSR count). The van der Waals surface area contributed by atoms with Gasteiger partial charge in [0.15, 0.2) is 0 Å². The first kappa shape index (κ1) is 17.4. The van der Waals surface area contributed by atoms with Gasteiger partial charge in [-0.15, -0.1) is 0 Å². The Morgan fingerprint density at radius 3 is 2.83 bits per heavy atom. The molecule has 23 heavy (non-hydrogen) atoms. The summed E-state index contributed by atoms with van der Waals surface area (Å²) in [6, 6.07) is 1.29. The Kier molecular flexibility index (Phi) is 6.54. The first-order valence-corrected chi connectivity index (χ1v) is 7.67. The zero-order valence-electron chi connectivity index (χ0n) is 13.2. The van der Waals surface area contributed by atoms with Gasteiger partial charge in [0.25, 0.3) is 5.56 Å². The maximum absolute atomic E-state index is 12.0. The molecule has 128 valence electrons. The smallest absolute Gasteiger partial charge is 0.328 e. The summed E-state index contributed by atoms with van der Waals surface area (Å²) in [7, 11) is 1.53. The summed E-state index contributed by atoms with van der Waals surface area (Å²) in [5.74, 6) is -0.334. The van der Waals surface area contributed by atoms with Crippen LogP contribution in [0.1, 0.15) is 19.3 Å². The molecule has 0 saturated carbocycles. The number of rotatable bonds is 7. The Bertz CT molecular complexity index is 617. The highest BCUT2D eigenvalue weighted by atomic mass is 16.6. The van der Waals surface area contributed by atoms with Crippen LogP contribution in [-0.4, -0.2) is 48.6 Å². The Hall–Kier alpha value is -1.93. The second-order valence-corrected chi connectivity index (χ2v) is 5.47. The van der Waals surface area contributed by atoms with Crippen molar-refractivity contribution in [2.75, 3.05) is 26.9 Å². The Morgan fingerprint density at radius 2 is 2.17 bits per heavy atom. The average molecular weight is 326 g/mol. The summed E-state index contributed by atoms with van der Waals surface area (Å²) >= 11 is 0. The molecule has 8 nitrogen and oxygen atoms in total. The summed E-state index contributed by atoms with van der Waals surface area (Å²) in [5, 5.41) is 0. The molecule has 0 radical (unpaired) electrons. The molecular weight excluding hydrogens is 304 g/mol. The van der Waals surface area contributed by atoms with Crippen LogP contribution in [-0.2, 0) is 25.5 Å². The first-order valence-electron chi connectivity index (χ1n) is 7.67. The van der Waals surface area contributed by atoms with E-state index in [1.165, 1.54) is 23.9 Å². The minimum Gasteiger partial charge on any atom is -0.463 e. The van der Waals surface area contributed by atoms with Gasteiger partial charge in [0.05, 0.1) is 12.0 Å². The van der Waals surface area contributed by atoms with Gasteiger partial charge < -0.3 is 18.8 Å². The number of ether oxygens (including phenoxy) is 3. The van der Waals surface area contributed by atoms with Crippen LogP contribution in [0.25, 0.3) is 0 Å². The molecule has 1 unspecified atom stereocenters. The number of carbonyl (C=O) groups is 1. The van der Waals surface area contributed by atoms with Crippen molar-refractivity contribution >= 4 is 5.97 Å². The van der Waals surface area contributed by atoms with Crippen LogP contribution < -0.4 is 11.2 Å². The summed E-state index contributed by atoms with van der Waals surface area (Å²) in [6.45, 7) is 1.68. The minimum atomic E-state index is -0.466. The highest BCUT2D eigenvalue weighted by Crippen LogP contribution is 2.16. The maximum Gasteiger partial charge on any atom is 0.328 e. The largest absolute Gasteiger partial charge is 0.463 e. The number of nitrogens with zero attached hydrogens (tertiary/aromatic N) is 1. The van der Waals surface area contributed by atoms with E-state index in [9.17, 15) is 14.4 Å². The fraction of sp³-hybridized carbons (Fsp3) is 0.667. The highest BCUT2D eigenvalue weighted by Gasteiger charge is 2.23. The topological polar surface area (TPSA) is 99.6 Å². The molecule has 8 heteroatoms. The predicted octanol–water partition coefficient (Wildman–Crippen LogP) is -0.0885. The van der Waals surface area contributed by atoms with E-state index in [0.29, 0.717) is 39.0 Å². The fourth-order valence-corrected chi connectivity index (χ4v) is 2.40. The summed E-state index contributed by atoms with van der Waals surface area (Å²) in [6.07, 6.45) is 2.98. The molecule has 2 heterocycles. The molecular formula is C15H22N2O6. The van der Waals surface area contributed by atoms with Crippen LogP contribution in [0.3, 0.4) is 0 Å². The third-order valence-electron chi connectivity index (χ3n) is 3.89. The molecule has 1 saturated heterocycles. The molecule has 0 amide bonds. The molecule has 1 fully saturated rings. The van der Waals surface area contributed by atoms with Crippen LogP contribution in [0.5, 0.6) is 0 Å². The lowest BCUT2D eigenvalue weighted by Crippen LogP contribution is -2.32. The molecule has 1 aromatic rings. The summed E-state index contributed by atoms with van der Waals surface area (Å²) in [4.78, 5) is 36.7. The van der Waals surface area contributed by atoms with Gasteiger partial charge in [-0.25, -0.2) is 4.79 Å². The van der Waals surface area contributed by atoms with Gasteiger partial charge in [0.2, 0.25) is 0 Å². The zero-order chi connectivity index (χ0) is 16.7. The number of nitrogens with one attached hydrogen (secondary N) is 1. The van der Waals surface area contributed by atoms with Gasteiger partial charge in [0, 0.05) is 39.1 Å². The highest BCUT2D eigenvalue weighted by molar-refractivity contribution is 5.72. The van der Waals surface area contributed by atoms with E-state index in [4.69, 9.17) is 14.2 Å². The molecule has 0 bridgehead atoms. The Morgan fingerprint density at radius 1 is 1.43 bits per heavy atom. The first-order chi connectivity index (χ1) is 11.1. The normalized spacial score (nSPS) is 16.9. The lowest BCUT2D eigenvalue weighted by atomic mass is 10.0. The Balaban J connectivity index is 1.79. The standard InChI is InChI=1S/C15H22N2O6/c1-21-12(2-6-17-7-3-13(18)16-15(17)20)10-23-14(19)11-4-8-22-9-5-11/h3,7,11-12H,2,4-6,8-10H2,1H3,(H,16,18,20). The number of aromatic nitrogens is 2. The lowest BCUT2D eigenvalue weighted by Gasteiger charge is -2.22. The summed E-state index contributed by atoms with van der Waals surface area (Å²) in [5.41, 5.74) is -0.897. The molecule has 0 aromatic carbocycles. The number of aryl methyl sites for hydroxylation is 1. The number of hydrogen-bond donors (Lipinski definition) is 1. The monoisotopic (exact) mass is 326 g/mol. The number of methoxy groups -OCH3 is 1. The molecule has 1 aliphatic rings. The summed E-state index contributed by atoms with van der Waals surface area (Å²) < 4.78 is 17.2. The third kappa shape index (κ3) is 5.33. The zero-order valence-corrected chi connectivity index (χ0v) is 13.2. The third-order valence-corrected chi connectivity index (χ3v) is 3.89. The number of H-pyrrole nitrogens is 1. The van der Waals surface area contributed by atoms with Crippen molar-refractivity contribution in [3.63, 3.8) is 0 Å². The van der Waals surface area contributed by atoms with Crippen LogP contribution >= 0.6 is 0 Å². The molecule has 1 aromatic heterocycles. The molecule has 0 aliphatic carbocycles. The van der Waals surface area contributed by atoms with Crippen molar-refractivity contribution in [2.45, 2.75) is 31.9 Å². The van der Waals surface area contributed by atoms with Gasteiger partial charge in [-0.05, 0) is 19.3 Å². The molecule has 1 aliphatic heterocycles. The van der Waals surface area contributed by atoms with E-state index >= 15 is 0 Å². The number of esters is 1. The minimum absolute atomic E-state index is 0.108. The van der Waals surface area contributed by atoms with Crippen molar-refractivity contribution in [3.05, 3.63) is 33.1 Å². The second kappa shape index (κ2) is 8.64. The Labute approximate surface area is 133 Å². The van der Waals surface area contributed by atoms with E-state index in [0.717, 1.165) is 0 Å². The van der Waals surface area contributed by atoms with E-state index < -0.39 is 11.2 Å². The van der Waals surface area contributed by atoms with Crippen molar-refractivity contribution in [1.82, 2.24) is 9.55 Å². The van der Waals surface area contributed by atoms with Crippen molar-refractivity contribution in [1.29, 1.82) is 0 Å². The quantitative estimate of drug-likeness (QED) is 0.703. The van der Waals surface area contributed by atoms with Gasteiger partial charge in [0.1, 0.15) is 6.61 Å². The van der Waals surface area contributed by atoms with Gasteiger partial charge in [-0.3, -0.25) is 14.6 Å². The van der Waals surface area contributed by atoms with Crippen LogP contribution in [0.4, 0.5) is 0 Å². The maximum atomic E-state index is 12.0. The van der Waals surface area contributed by atoms with Crippen molar-refractivity contribution in [3.8, 4) is 0 Å². The van der Waals surface area contributed by atoms with Crippen LogP contribution in [0, 0.1) is 5.92 Å². The van der Waals surface area contributed by atoms with Gasteiger partial charge in [-0.1, -0.05) is 0 Å². The van der Waals surface area contributed by atoms with Crippen molar-refractivity contribution < 1.29 is 19.0 Å². The van der Waals surface area contributed by atoms with E-state index in [2.05, 4.69) is 4.98 Å². The number of aromatic amines is 1. The number of hydrogen-bond acceptors (Lipinski definition) is 6. The van der Waals surface area contributed by atoms with E-state index in [1.54, 1.807) is 0 Å². The van der Waals surface area contributed by atoms with E-state index in [-0.39, 0.29) is 24.6 Å². The lowest BCUT2D eigenvalue weighted by molar-refractivity contribution is -0.155. The SMILES string of the molecule is COC(CCn1ccc(=O)[nH]c1=O)COC(=O)C1CCOCC1. The second-order valence-electron chi connectivity index (χ2n) is 5.47. The molecule has 1 atom stereocenters. The van der Waals surface area contributed by atoms with E-state index in [1.807, 2.05) is 0 Å². The van der Waals surface area contributed by atoms with Gasteiger partial charge >= 0.3 is 11.7 Å². The fourth-order valence-electron chi connectivity index (χ4n) is 2.40. The average Bonchev–Trinajstić information content (AvgIpc) is 2.57.